The Balaban J connectivity index is 1.49. The van der Waals surface area contributed by atoms with Gasteiger partial charge in [-0.3, -0.25) is 0 Å². The van der Waals surface area contributed by atoms with E-state index in [-0.39, 0.29) is 55.3 Å². The SMILES string of the molecule is C=C1C/C=C/C([Se]c2ccccc2[N+](=O)[O-])C[C@@H]([C@H](/C=C/[C@@H]2CC(C)=CCO2)OCc2ccc(OC)cc2)OC(=O)/C=C\C[C@@H]2C=CC[C@@H](C[C@@H](C)C1)O2. The van der Waals surface area contributed by atoms with Crippen LogP contribution in [0, 0.1) is 16.0 Å². The van der Waals surface area contributed by atoms with E-state index in [2.05, 4.69) is 50.8 Å². The molecule has 0 aliphatic carbocycles. The number of ether oxygens (including phenoxy) is 5. The molecule has 0 spiro atoms. The Kier molecular flexibility index (Phi) is 16.1. The monoisotopic (exact) mass is 803 g/mol. The number of benzene rings is 2. The first kappa shape index (κ1) is 41.1. The molecule has 3 aliphatic rings. The van der Waals surface area contributed by atoms with Crippen LogP contribution < -0.4 is 9.20 Å². The van der Waals surface area contributed by atoms with Gasteiger partial charge in [0.05, 0.1) is 0 Å². The van der Waals surface area contributed by atoms with E-state index in [4.69, 9.17) is 23.7 Å². The van der Waals surface area contributed by atoms with Gasteiger partial charge < -0.3 is 0 Å². The molecule has 54 heavy (non-hydrogen) atoms. The van der Waals surface area contributed by atoms with E-state index in [1.165, 1.54) is 11.6 Å². The van der Waals surface area contributed by atoms with Crippen molar-refractivity contribution in [2.75, 3.05) is 13.7 Å². The number of carbonyl (C=O) groups excluding carboxylic acids is 1. The molecule has 288 valence electrons. The molecule has 0 aromatic heterocycles. The average molecular weight is 803 g/mol. The standard InChI is InChI=1S/C44H53NO8Se/c1-31-10-7-14-39(54-43-16-6-5-15-40(43)45(47)48)29-42(53-44(46)17-9-12-36-11-8-13-38(52-36)28-33(3)26-31)41(23-22-37-27-32(2)24-25-50-37)51-30-34-18-20-35(49-4)21-19-34/h5-9,11,14-24,33,36-39,41-42H,1,10,12-13,25-30H2,2-4H3/b14-7+,17-9-,23-22+/t33-,36-,37+,38-,39?,41-,42-/m0/s1. The van der Waals surface area contributed by atoms with E-state index in [0.717, 1.165) is 42.6 Å². The van der Waals surface area contributed by atoms with Crippen LogP contribution in [0.5, 0.6) is 5.75 Å². The van der Waals surface area contributed by atoms with Crippen LogP contribution in [0.2, 0.25) is 4.82 Å². The predicted molar refractivity (Wildman–Crippen MR) is 213 cm³/mol. The summed E-state index contributed by atoms with van der Waals surface area (Å²) in [5.74, 6) is 0.650. The summed E-state index contributed by atoms with van der Waals surface area (Å²) in [5.41, 5.74) is 3.38. The second-order valence-electron chi connectivity index (χ2n) is 14.3. The van der Waals surface area contributed by atoms with E-state index < -0.39 is 18.2 Å². The zero-order chi connectivity index (χ0) is 38.3. The predicted octanol–water partition coefficient (Wildman–Crippen LogP) is 8.49. The molecule has 0 saturated heterocycles. The normalized spacial score (nSPS) is 27.6. The van der Waals surface area contributed by atoms with Crippen LogP contribution in [0.3, 0.4) is 0 Å². The van der Waals surface area contributed by atoms with Crippen molar-refractivity contribution in [2.45, 2.75) is 101 Å². The Morgan fingerprint density at radius 1 is 1.06 bits per heavy atom. The van der Waals surface area contributed by atoms with Gasteiger partial charge in [0, 0.05) is 0 Å². The van der Waals surface area contributed by atoms with Crippen molar-refractivity contribution in [1.29, 1.82) is 0 Å². The van der Waals surface area contributed by atoms with Gasteiger partial charge in [-0.25, -0.2) is 0 Å². The Labute approximate surface area is 326 Å². The zero-order valence-electron chi connectivity index (χ0n) is 31.5. The molecule has 3 aliphatic heterocycles. The molecular formula is C44H53NO8Se. The van der Waals surface area contributed by atoms with Crippen molar-refractivity contribution < 1.29 is 33.4 Å². The summed E-state index contributed by atoms with van der Waals surface area (Å²) in [7, 11) is 1.63. The molecule has 0 fully saturated rings. The Morgan fingerprint density at radius 3 is 2.65 bits per heavy atom. The first-order valence-electron chi connectivity index (χ1n) is 18.8. The van der Waals surface area contributed by atoms with Gasteiger partial charge in [-0.15, -0.1) is 0 Å². The number of nitro benzene ring substituents is 1. The van der Waals surface area contributed by atoms with Crippen LogP contribution >= 0.6 is 0 Å². The van der Waals surface area contributed by atoms with Crippen LogP contribution in [0.1, 0.15) is 64.4 Å². The summed E-state index contributed by atoms with van der Waals surface area (Å²) < 4.78 is 31.4. The van der Waals surface area contributed by atoms with Crippen LogP contribution in [0.15, 0.2) is 121 Å². The molecule has 1 unspecified atom stereocenters. The molecule has 0 amide bonds. The van der Waals surface area contributed by atoms with Gasteiger partial charge in [0.1, 0.15) is 0 Å². The molecule has 0 radical (unpaired) electrons. The molecule has 0 saturated carbocycles. The van der Waals surface area contributed by atoms with Crippen LogP contribution in [0.4, 0.5) is 5.69 Å². The van der Waals surface area contributed by atoms with Gasteiger partial charge in [-0.1, -0.05) is 0 Å². The van der Waals surface area contributed by atoms with Gasteiger partial charge in [0.15, 0.2) is 0 Å². The van der Waals surface area contributed by atoms with Gasteiger partial charge in [0.25, 0.3) is 0 Å². The summed E-state index contributed by atoms with van der Waals surface area (Å²) in [6.07, 6.45) is 21.3. The van der Waals surface area contributed by atoms with Crippen molar-refractivity contribution in [3.05, 3.63) is 137 Å². The number of rotatable bonds is 10. The molecule has 2 aromatic carbocycles. The average Bonchev–Trinajstić information content (AvgIpc) is 3.14. The van der Waals surface area contributed by atoms with Gasteiger partial charge >= 0.3 is 327 Å². The molecule has 2 aromatic rings. The molecule has 5 rings (SSSR count). The number of para-hydroxylation sites is 1. The van der Waals surface area contributed by atoms with Crippen LogP contribution in [-0.4, -0.2) is 70.1 Å². The van der Waals surface area contributed by atoms with Crippen LogP contribution in [0.25, 0.3) is 0 Å². The first-order chi connectivity index (χ1) is 26.1. The summed E-state index contributed by atoms with van der Waals surface area (Å²) in [6, 6.07) is 14.5. The van der Waals surface area contributed by atoms with Crippen molar-refractivity contribution in [1.82, 2.24) is 0 Å². The maximum atomic E-state index is 13.6. The van der Waals surface area contributed by atoms with E-state index in [1.54, 1.807) is 19.2 Å². The maximum absolute atomic E-state index is 13.6. The Hall–Kier alpha value is -4.05. The summed E-state index contributed by atoms with van der Waals surface area (Å²) in [4.78, 5) is 25.2. The number of esters is 1. The van der Waals surface area contributed by atoms with E-state index in [0.29, 0.717) is 36.2 Å². The number of cyclic esters (lactones) is 1. The van der Waals surface area contributed by atoms with Crippen LogP contribution in [-0.2, 0) is 30.3 Å². The molecule has 2 bridgehead atoms. The fourth-order valence-corrected chi connectivity index (χ4v) is 9.41. The molecule has 10 heteroatoms. The van der Waals surface area contributed by atoms with Crippen molar-refractivity contribution in [2.24, 2.45) is 5.92 Å². The number of fused-ring (bicyclic) bond motifs is 2. The van der Waals surface area contributed by atoms with E-state index in [1.807, 2.05) is 54.6 Å². The third-order valence-corrected chi connectivity index (χ3v) is 12.2. The Morgan fingerprint density at radius 2 is 1.87 bits per heavy atom. The topological polar surface area (TPSA) is 106 Å². The fraction of sp³-hybridized carbons (Fsp3) is 0.432. The van der Waals surface area contributed by atoms with E-state index in [9.17, 15) is 14.9 Å². The molecule has 3 heterocycles. The number of allylic oxidation sites excluding steroid dienone is 3. The zero-order valence-corrected chi connectivity index (χ0v) is 33.3. The Bertz CT molecular complexity index is 1710. The first-order valence-corrected chi connectivity index (χ1v) is 20.6. The van der Waals surface area contributed by atoms with Crippen molar-refractivity contribution in [3.63, 3.8) is 0 Å². The van der Waals surface area contributed by atoms with E-state index >= 15 is 0 Å². The molecule has 9 nitrogen and oxygen atoms in total. The number of hydrogen-bond donors (Lipinski definition) is 0. The molecule has 0 N–H and O–H groups in total. The number of methoxy groups -OCH3 is 1. The van der Waals surface area contributed by atoms with Crippen molar-refractivity contribution in [3.8, 4) is 5.75 Å². The van der Waals surface area contributed by atoms with Gasteiger partial charge in [-0.05, 0) is 0 Å². The minimum atomic E-state index is -0.728. The summed E-state index contributed by atoms with van der Waals surface area (Å²) in [5, 5.41) is 12.1. The number of carbonyl (C=O) groups is 1. The third kappa shape index (κ3) is 13.4. The second-order valence-corrected chi connectivity index (χ2v) is 16.9. The molecular weight excluding hydrogens is 749 g/mol. The number of nitro groups is 1. The number of nitrogens with zero attached hydrogens (tertiary/aromatic N) is 1. The van der Waals surface area contributed by atoms with Gasteiger partial charge in [-0.2, -0.15) is 0 Å². The quantitative estimate of drug-likeness (QED) is 0.0775. The third-order valence-electron chi connectivity index (χ3n) is 9.62. The molecule has 7 atom stereocenters. The summed E-state index contributed by atoms with van der Waals surface area (Å²) in [6.45, 7) is 9.50. The van der Waals surface area contributed by atoms with Crippen molar-refractivity contribution >= 4 is 31.1 Å². The summed E-state index contributed by atoms with van der Waals surface area (Å²) >= 11 is -0.379. The number of hydrogen-bond acceptors (Lipinski definition) is 8. The fourth-order valence-electron chi connectivity index (χ4n) is 6.84. The minimum absolute atomic E-state index is 0.0898. The van der Waals surface area contributed by atoms with Gasteiger partial charge in [0.2, 0.25) is 0 Å². The second kappa shape index (κ2) is 21.1.